The maximum Gasteiger partial charge on any atom is 0.258 e. The van der Waals surface area contributed by atoms with Crippen LogP contribution in [0.2, 0.25) is 5.02 Å². The summed E-state index contributed by atoms with van der Waals surface area (Å²) < 4.78 is 30.6. The van der Waals surface area contributed by atoms with Gasteiger partial charge in [0.05, 0.1) is 29.3 Å². The van der Waals surface area contributed by atoms with Gasteiger partial charge in [0.25, 0.3) is 5.91 Å². The average molecular weight is 486 g/mol. The number of halogens is 4. The topological polar surface area (TPSA) is 75.1 Å². The number of amides is 1. The highest BCUT2D eigenvalue weighted by molar-refractivity contribution is 6.30. The third-order valence-corrected chi connectivity index (χ3v) is 5.26. The predicted molar refractivity (Wildman–Crippen MR) is 125 cm³/mol. The molecule has 0 radical (unpaired) electrons. The number of rotatable bonds is 4. The second-order valence-electron chi connectivity index (χ2n) is 7.05. The summed E-state index contributed by atoms with van der Waals surface area (Å²) in [6.07, 6.45) is 6.99. The molecule has 0 saturated carbocycles. The number of pyridine rings is 1. The Kier molecular flexibility index (Phi) is 6.13. The van der Waals surface area contributed by atoms with Crippen molar-refractivity contribution in [2.45, 2.75) is 0 Å². The van der Waals surface area contributed by atoms with Crippen molar-refractivity contribution in [2.24, 2.45) is 0 Å². The van der Waals surface area contributed by atoms with E-state index in [0.717, 1.165) is 17.2 Å². The van der Waals surface area contributed by atoms with E-state index in [1.807, 2.05) is 22.7 Å². The standard InChI is InChI=1S/C23H14ClF2N5O.ClH/c24-16-3-5-20(19(26)8-16)30-23(32)17-4-1-13(7-18(17)25)21-11-27-22-6-2-14(12-31(21)22)15-9-28-29-10-15;/h1-12H,(H,28,29)(H,30,32);1H. The van der Waals surface area contributed by atoms with Crippen LogP contribution in [0.25, 0.3) is 28.0 Å². The lowest BCUT2D eigenvalue weighted by Crippen LogP contribution is -2.14. The van der Waals surface area contributed by atoms with Crippen LogP contribution in [0.5, 0.6) is 0 Å². The molecule has 6 nitrogen and oxygen atoms in total. The van der Waals surface area contributed by atoms with Gasteiger partial charge in [-0.3, -0.25) is 14.3 Å². The zero-order chi connectivity index (χ0) is 22.2. The van der Waals surface area contributed by atoms with Crippen molar-refractivity contribution < 1.29 is 13.6 Å². The molecule has 2 N–H and O–H groups in total. The third kappa shape index (κ3) is 4.30. The van der Waals surface area contributed by atoms with Crippen molar-refractivity contribution >= 4 is 41.2 Å². The van der Waals surface area contributed by atoms with Crippen molar-refractivity contribution in [1.82, 2.24) is 19.6 Å². The molecule has 33 heavy (non-hydrogen) atoms. The van der Waals surface area contributed by atoms with Crippen LogP contribution in [0.15, 0.2) is 73.3 Å². The maximum absolute atomic E-state index is 14.8. The molecule has 3 aromatic heterocycles. The van der Waals surface area contributed by atoms with Gasteiger partial charge >= 0.3 is 0 Å². The van der Waals surface area contributed by atoms with E-state index < -0.39 is 17.5 Å². The Morgan fingerprint density at radius 1 is 0.970 bits per heavy atom. The van der Waals surface area contributed by atoms with Crippen LogP contribution in [0.4, 0.5) is 14.5 Å². The van der Waals surface area contributed by atoms with Crippen molar-refractivity contribution in [2.75, 3.05) is 5.32 Å². The lowest BCUT2D eigenvalue weighted by molar-refractivity contribution is 0.102. The summed E-state index contributed by atoms with van der Waals surface area (Å²) in [6.45, 7) is 0. The molecule has 3 heterocycles. The summed E-state index contributed by atoms with van der Waals surface area (Å²) in [5.74, 6) is -2.21. The van der Waals surface area contributed by atoms with E-state index in [2.05, 4.69) is 20.5 Å². The van der Waals surface area contributed by atoms with E-state index in [1.165, 1.54) is 24.3 Å². The highest BCUT2D eigenvalue weighted by atomic mass is 35.5. The number of aromatic amines is 1. The van der Waals surface area contributed by atoms with Crippen molar-refractivity contribution in [3.05, 3.63) is 95.5 Å². The summed E-state index contributed by atoms with van der Waals surface area (Å²) in [7, 11) is 0. The molecule has 166 valence electrons. The molecule has 0 saturated heterocycles. The van der Waals surface area contributed by atoms with Crippen molar-refractivity contribution in [1.29, 1.82) is 0 Å². The van der Waals surface area contributed by atoms with Gasteiger partial charge in [-0.2, -0.15) is 5.10 Å². The van der Waals surface area contributed by atoms with Crippen LogP contribution in [-0.4, -0.2) is 25.5 Å². The number of anilines is 1. The lowest BCUT2D eigenvalue weighted by Gasteiger charge is -2.09. The molecule has 5 aromatic rings. The van der Waals surface area contributed by atoms with Crippen LogP contribution >= 0.6 is 24.0 Å². The van der Waals surface area contributed by atoms with Gasteiger partial charge in [0.15, 0.2) is 0 Å². The van der Waals surface area contributed by atoms with Crippen LogP contribution in [0.3, 0.4) is 0 Å². The Bertz CT molecular complexity index is 1470. The monoisotopic (exact) mass is 485 g/mol. The maximum atomic E-state index is 14.8. The summed E-state index contributed by atoms with van der Waals surface area (Å²) in [4.78, 5) is 16.8. The summed E-state index contributed by atoms with van der Waals surface area (Å²) in [5.41, 5.74) is 3.39. The minimum atomic E-state index is -0.768. The first-order valence-corrected chi connectivity index (χ1v) is 9.90. The number of H-pyrrole nitrogens is 1. The highest BCUT2D eigenvalue weighted by Crippen LogP contribution is 2.27. The summed E-state index contributed by atoms with van der Waals surface area (Å²) in [6, 6.07) is 11.8. The Morgan fingerprint density at radius 3 is 2.52 bits per heavy atom. The molecule has 0 aliphatic rings. The van der Waals surface area contributed by atoms with Gasteiger partial charge in [-0.05, 0) is 42.5 Å². The Labute approximate surface area is 197 Å². The number of carbonyl (C=O) groups is 1. The van der Waals surface area contributed by atoms with Crippen LogP contribution in [0, 0.1) is 11.6 Å². The van der Waals surface area contributed by atoms with Crippen LogP contribution in [-0.2, 0) is 0 Å². The fourth-order valence-corrected chi connectivity index (χ4v) is 3.57. The van der Waals surface area contributed by atoms with Gasteiger partial charge in [-0.25, -0.2) is 13.8 Å². The van der Waals surface area contributed by atoms with Gasteiger partial charge in [0.2, 0.25) is 0 Å². The number of carbonyl (C=O) groups excluding carboxylic acids is 1. The second-order valence-corrected chi connectivity index (χ2v) is 7.49. The molecule has 0 atom stereocenters. The third-order valence-electron chi connectivity index (χ3n) is 5.03. The molecule has 0 fully saturated rings. The van der Waals surface area contributed by atoms with E-state index in [4.69, 9.17) is 11.6 Å². The molecule has 0 bridgehead atoms. The van der Waals surface area contributed by atoms with E-state index in [1.54, 1.807) is 24.7 Å². The van der Waals surface area contributed by atoms with E-state index in [-0.39, 0.29) is 28.7 Å². The van der Waals surface area contributed by atoms with E-state index in [0.29, 0.717) is 16.9 Å². The van der Waals surface area contributed by atoms with Gasteiger partial charge < -0.3 is 5.32 Å². The minimum absolute atomic E-state index is 0. The largest absolute Gasteiger partial charge is 0.319 e. The Morgan fingerprint density at radius 2 is 1.79 bits per heavy atom. The van der Waals surface area contributed by atoms with E-state index >= 15 is 0 Å². The van der Waals surface area contributed by atoms with Crippen LogP contribution < -0.4 is 5.32 Å². The van der Waals surface area contributed by atoms with Crippen molar-refractivity contribution in [3.8, 4) is 22.4 Å². The normalized spacial score (nSPS) is 10.8. The first-order chi connectivity index (χ1) is 15.5. The molecule has 10 heteroatoms. The lowest BCUT2D eigenvalue weighted by atomic mass is 10.1. The molecular formula is C23H15Cl2F2N5O. The van der Waals surface area contributed by atoms with Gasteiger partial charge in [-0.1, -0.05) is 17.7 Å². The molecule has 0 spiro atoms. The number of fused-ring (bicyclic) bond motifs is 1. The molecule has 0 aliphatic heterocycles. The fourth-order valence-electron chi connectivity index (χ4n) is 3.41. The van der Waals surface area contributed by atoms with Gasteiger partial charge in [0.1, 0.15) is 17.3 Å². The molecule has 0 unspecified atom stereocenters. The Balaban J connectivity index is 0.00000259. The number of hydrogen-bond donors (Lipinski definition) is 2. The minimum Gasteiger partial charge on any atom is -0.319 e. The molecular weight excluding hydrogens is 471 g/mol. The number of imidazole rings is 1. The van der Waals surface area contributed by atoms with Crippen LogP contribution in [0.1, 0.15) is 10.4 Å². The smallest absolute Gasteiger partial charge is 0.258 e. The molecule has 5 rings (SSSR count). The average Bonchev–Trinajstić information content (AvgIpc) is 3.45. The summed E-state index contributed by atoms with van der Waals surface area (Å²) >= 11 is 5.72. The number of nitrogens with zero attached hydrogens (tertiary/aromatic N) is 3. The number of nitrogens with one attached hydrogen (secondary N) is 2. The summed E-state index contributed by atoms with van der Waals surface area (Å²) in [5, 5.41) is 9.29. The molecule has 1 amide bonds. The first kappa shape index (κ1) is 22.4. The zero-order valence-corrected chi connectivity index (χ0v) is 18.3. The molecule has 0 aliphatic carbocycles. The van der Waals surface area contributed by atoms with E-state index in [9.17, 15) is 13.6 Å². The quantitative estimate of drug-likeness (QED) is 0.328. The SMILES string of the molecule is Cl.O=C(Nc1ccc(Cl)cc1F)c1ccc(-c2cnc3ccc(-c4cn[nH]c4)cn23)cc1F. The zero-order valence-electron chi connectivity index (χ0n) is 16.7. The number of hydrogen-bond acceptors (Lipinski definition) is 3. The van der Waals surface area contributed by atoms with Gasteiger partial charge in [-0.15, -0.1) is 12.4 Å². The first-order valence-electron chi connectivity index (χ1n) is 9.52. The number of aromatic nitrogens is 4. The highest BCUT2D eigenvalue weighted by Gasteiger charge is 2.16. The van der Waals surface area contributed by atoms with Gasteiger partial charge in [0, 0.05) is 34.1 Å². The Hall–Kier alpha value is -3.75. The number of benzene rings is 2. The second kappa shape index (κ2) is 9.01. The fraction of sp³-hybridized carbons (Fsp3) is 0. The predicted octanol–water partition coefficient (Wildman–Crippen LogP) is 6.00. The molecule has 2 aromatic carbocycles. The van der Waals surface area contributed by atoms with Crippen molar-refractivity contribution in [3.63, 3.8) is 0 Å².